The van der Waals surface area contributed by atoms with Crippen LogP contribution in [-0.2, 0) is 0 Å². The first-order valence-electron chi connectivity index (χ1n) is 17.7. The van der Waals surface area contributed by atoms with Crippen molar-refractivity contribution in [3.05, 3.63) is 180 Å². The molecule has 10 aromatic rings. The van der Waals surface area contributed by atoms with Crippen LogP contribution < -0.4 is 0 Å². The van der Waals surface area contributed by atoms with Gasteiger partial charge in [-0.15, -0.1) is 0 Å². The van der Waals surface area contributed by atoms with Crippen molar-refractivity contribution in [3.63, 3.8) is 0 Å². The normalized spacial score (nSPS) is 16.0. The van der Waals surface area contributed by atoms with Crippen molar-refractivity contribution in [2.75, 3.05) is 0 Å². The summed E-state index contributed by atoms with van der Waals surface area (Å²) >= 11 is 0. The quantitative estimate of drug-likeness (QED) is 0.132. The van der Waals surface area contributed by atoms with Crippen LogP contribution in [0.2, 0.25) is 0 Å². The van der Waals surface area contributed by atoms with Crippen LogP contribution in [0.25, 0.3) is 87.4 Å². The number of nitrogens with zero attached hydrogens (tertiary/aromatic N) is 1. The molecule has 2 unspecified atom stereocenters. The molecule has 1 heterocycles. The second-order valence-corrected chi connectivity index (χ2v) is 14.0. The summed E-state index contributed by atoms with van der Waals surface area (Å²) < 4.78 is 2.61. The molecule has 0 bridgehead atoms. The molecule has 0 N–H and O–H groups in total. The van der Waals surface area contributed by atoms with Gasteiger partial charge in [-0.1, -0.05) is 171 Å². The third-order valence-electron chi connectivity index (χ3n) is 11.5. The Bertz CT molecular complexity index is 3010. The fourth-order valence-electron chi connectivity index (χ4n) is 9.40. The number of hydrogen-bond donors (Lipinski definition) is 0. The highest BCUT2D eigenvalue weighted by molar-refractivity contribution is 6.37. The number of fused-ring (bicyclic) bond motifs is 13. The van der Waals surface area contributed by atoms with Crippen LogP contribution in [0.1, 0.15) is 35.4 Å². The van der Waals surface area contributed by atoms with Gasteiger partial charge in [0.05, 0.1) is 16.7 Å². The van der Waals surface area contributed by atoms with E-state index < -0.39 is 0 Å². The molecule has 1 aliphatic carbocycles. The molecule has 9 aromatic carbocycles. The zero-order valence-electron chi connectivity index (χ0n) is 27.8. The predicted molar refractivity (Wildman–Crippen MR) is 215 cm³/mol. The van der Waals surface area contributed by atoms with Gasteiger partial charge in [-0.25, -0.2) is 0 Å². The molecule has 11 rings (SSSR count). The SMILES string of the molecule is CC1c2ccccc2C=CC1c1c2ccccc2c(-n2c3ccccc3c3c4c5ccccc5ccc4c4ccccc4c32)c2ccccc12. The minimum absolute atomic E-state index is 0.253. The molecule has 0 radical (unpaired) electrons. The Hall–Kier alpha value is -6.18. The van der Waals surface area contributed by atoms with E-state index in [2.05, 4.69) is 181 Å². The van der Waals surface area contributed by atoms with E-state index >= 15 is 0 Å². The summed E-state index contributed by atoms with van der Waals surface area (Å²) in [7, 11) is 0. The van der Waals surface area contributed by atoms with Crippen LogP contribution in [0.3, 0.4) is 0 Å². The molecule has 0 aliphatic heterocycles. The molecule has 1 heteroatoms. The third-order valence-corrected chi connectivity index (χ3v) is 11.5. The van der Waals surface area contributed by atoms with Crippen molar-refractivity contribution in [2.24, 2.45) is 0 Å². The molecule has 0 spiro atoms. The number of para-hydroxylation sites is 1. The largest absolute Gasteiger partial charge is 0.307 e. The smallest absolute Gasteiger partial charge is 0.0626 e. The zero-order valence-corrected chi connectivity index (χ0v) is 27.8. The first-order chi connectivity index (χ1) is 24.8. The minimum atomic E-state index is 0.253. The highest BCUT2D eigenvalue weighted by Gasteiger charge is 2.29. The van der Waals surface area contributed by atoms with Gasteiger partial charge in [0.15, 0.2) is 0 Å². The van der Waals surface area contributed by atoms with Crippen molar-refractivity contribution >= 4 is 81.7 Å². The van der Waals surface area contributed by atoms with Gasteiger partial charge < -0.3 is 4.57 Å². The molecule has 0 saturated heterocycles. The molecular formula is C49H33N. The molecule has 2 atom stereocenters. The Morgan fingerprint density at radius 1 is 0.440 bits per heavy atom. The van der Waals surface area contributed by atoms with Crippen molar-refractivity contribution in [1.82, 2.24) is 4.57 Å². The second kappa shape index (κ2) is 10.4. The Morgan fingerprint density at radius 2 is 1.02 bits per heavy atom. The molecule has 0 saturated carbocycles. The van der Waals surface area contributed by atoms with Gasteiger partial charge in [0, 0.05) is 38.2 Å². The van der Waals surface area contributed by atoms with E-state index in [1.165, 1.54) is 98.0 Å². The van der Waals surface area contributed by atoms with Crippen molar-refractivity contribution in [3.8, 4) is 5.69 Å². The van der Waals surface area contributed by atoms with Gasteiger partial charge in [0.1, 0.15) is 0 Å². The average Bonchev–Trinajstić information content (AvgIpc) is 3.52. The van der Waals surface area contributed by atoms with Gasteiger partial charge in [-0.2, -0.15) is 0 Å². The van der Waals surface area contributed by atoms with E-state index in [1.54, 1.807) is 0 Å². The molecule has 1 nitrogen and oxygen atoms in total. The molecule has 1 aliphatic rings. The first kappa shape index (κ1) is 27.7. The van der Waals surface area contributed by atoms with Crippen LogP contribution in [0.4, 0.5) is 0 Å². The van der Waals surface area contributed by atoms with E-state index in [9.17, 15) is 0 Å². The fourth-order valence-corrected chi connectivity index (χ4v) is 9.40. The maximum absolute atomic E-state index is 2.61. The number of aromatic nitrogens is 1. The average molecular weight is 636 g/mol. The van der Waals surface area contributed by atoms with Gasteiger partial charge in [0.25, 0.3) is 0 Å². The summed E-state index contributed by atoms with van der Waals surface area (Å²) in [4.78, 5) is 0. The molecule has 0 fully saturated rings. The van der Waals surface area contributed by atoms with Gasteiger partial charge in [0.2, 0.25) is 0 Å². The lowest BCUT2D eigenvalue weighted by molar-refractivity contribution is 0.677. The van der Waals surface area contributed by atoms with Gasteiger partial charge in [-0.05, 0) is 61.0 Å². The summed E-state index contributed by atoms with van der Waals surface area (Å²) in [5.41, 5.74) is 7.93. The second-order valence-electron chi connectivity index (χ2n) is 14.0. The Kier molecular flexibility index (Phi) is 5.77. The maximum atomic E-state index is 2.61. The first-order valence-corrected chi connectivity index (χ1v) is 17.7. The van der Waals surface area contributed by atoms with Gasteiger partial charge >= 0.3 is 0 Å². The summed E-state index contributed by atoms with van der Waals surface area (Å²) in [5, 5.41) is 15.6. The Labute approximate surface area is 290 Å². The summed E-state index contributed by atoms with van der Waals surface area (Å²) in [6.07, 6.45) is 4.79. The van der Waals surface area contributed by atoms with Crippen molar-refractivity contribution in [1.29, 1.82) is 0 Å². The van der Waals surface area contributed by atoms with E-state index in [-0.39, 0.29) is 5.92 Å². The molecule has 50 heavy (non-hydrogen) atoms. The summed E-state index contributed by atoms with van der Waals surface area (Å²) in [6, 6.07) is 58.7. The molecular weight excluding hydrogens is 603 g/mol. The lowest BCUT2D eigenvalue weighted by Gasteiger charge is -2.30. The molecule has 234 valence electrons. The fraction of sp³-hybridized carbons (Fsp3) is 0.0612. The number of rotatable bonds is 2. The highest BCUT2D eigenvalue weighted by Crippen LogP contribution is 2.50. The Balaban J connectivity index is 1.36. The van der Waals surface area contributed by atoms with Crippen molar-refractivity contribution in [2.45, 2.75) is 18.8 Å². The lowest BCUT2D eigenvalue weighted by atomic mass is 9.74. The van der Waals surface area contributed by atoms with Crippen LogP contribution in [0.5, 0.6) is 0 Å². The topological polar surface area (TPSA) is 4.93 Å². The molecule has 1 aromatic heterocycles. The standard InChI is InChI=1S/C49H33N/c1-30-33-16-4-2-14-31(33)26-28-34(30)45-37-19-7-10-22-41(37)48(42-23-11-8-20-38(42)45)50-44-25-13-12-24-43(44)47-46-35-17-5-3-15-32(35)27-29-39(46)36-18-6-9-21-40(36)49(47)50/h2-30,34H,1H3. The van der Waals surface area contributed by atoms with E-state index in [0.717, 1.165) is 0 Å². The van der Waals surface area contributed by atoms with Gasteiger partial charge in [-0.3, -0.25) is 0 Å². The van der Waals surface area contributed by atoms with Crippen molar-refractivity contribution < 1.29 is 0 Å². The van der Waals surface area contributed by atoms with Crippen LogP contribution in [0, 0.1) is 0 Å². The van der Waals surface area contributed by atoms with Crippen LogP contribution in [0.15, 0.2) is 164 Å². The van der Waals surface area contributed by atoms with Crippen LogP contribution >= 0.6 is 0 Å². The number of hydrogen-bond acceptors (Lipinski definition) is 0. The van der Waals surface area contributed by atoms with E-state index in [1.807, 2.05) is 0 Å². The van der Waals surface area contributed by atoms with E-state index in [0.29, 0.717) is 5.92 Å². The minimum Gasteiger partial charge on any atom is -0.307 e. The maximum Gasteiger partial charge on any atom is 0.0626 e. The highest BCUT2D eigenvalue weighted by atomic mass is 15.0. The van der Waals surface area contributed by atoms with Crippen LogP contribution in [-0.4, -0.2) is 4.57 Å². The lowest BCUT2D eigenvalue weighted by Crippen LogP contribution is -2.12. The monoisotopic (exact) mass is 635 g/mol. The molecule has 0 amide bonds. The number of benzene rings is 9. The van der Waals surface area contributed by atoms with E-state index in [4.69, 9.17) is 0 Å². The Morgan fingerprint density at radius 3 is 1.78 bits per heavy atom. The number of allylic oxidation sites excluding steroid dienone is 1. The zero-order chi connectivity index (χ0) is 32.9. The summed E-state index contributed by atoms with van der Waals surface area (Å²) in [6.45, 7) is 2.40. The predicted octanol–water partition coefficient (Wildman–Crippen LogP) is 13.5. The third kappa shape index (κ3) is 3.67. The summed E-state index contributed by atoms with van der Waals surface area (Å²) in [5.74, 6) is 0.605.